The van der Waals surface area contributed by atoms with Crippen LogP contribution in [0.2, 0.25) is 0 Å². The number of hydrogen-bond acceptors (Lipinski definition) is 7. The second-order valence-electron chi connectivity index (χ2n) is 8.45. The Morgan fingerprint density at radius 2 is 1.62 bits per heavy atom. The van der Waals surface area contributed by atoms with Gasteiger partial charge in [0.25, 0.3) is 11.8 Å². The molecule has 2 aromatic rings. The minimum atomic E-state index is -0.786. The lowest BCUT2D eigenvalue weighted by Gasteiger charge is -2.35. The molecule has 2 amide bonds. The lowest BCUT2D eigenvalue weighted by molar-refractivity contribution is -0.386. The van der Waals surface area contributed by atoms with Crippen LogP contribution in [0.15, 0.2) is 30.3 Å². The highest BCUT2D eigenvalue weighted by Crippen LogP contribution is 2.46. The standard InChI is InChI=1S/C24H29N3O7/c1-14-10-15(2)13-26(12-14)24(29)16-8-6-7-9-18(16)25-23(28)17-11-19(32-3)21(33-4)22(34-5)20(17)27(30)31/h6-9,11,14-15H,10,12-13H2,1-5H3,(H,25,28). The Labute approximate surface area is 197 Å². The van der Waals surface area contributed by atoms with Crippen molar-refractivity contribution in [2.75, 3.05) is 39.7 Å². The third kappa shape index (κ3) is 4.90. The number of carbonyl (C=O) groups is 2. The van der Waals surface area contributed by atoms with Gasteiger partial charge in [-0.15, -0.1) is 0 Å². The van der Waals surface area contributed by atoms with Crippen molar-refractivity contribution in [2.24, 2.45) is 11.8 Å². The number of nitrogens with one attached hydrogen (secondary N) is 1. The second kappa shape index (κ2) is 10.4. The summed E-state index contributed by atoms with van der Waals surface area (Å²) in [5.41, 5.74) is -0.291. The van der Waals surface area contributed by atoms with E-state index in [4.69, 9.17) is 14.2 Å². The van der Waals surface area contributed by atoms with Crippen LogP contribution in [0.4, 0.5) is 11.4 Å². The first kappa shape index (κ1) is 24.8. The summed E-state index contributed by atoms with van der Waals surface area (Å²) in [6, 6.07) is 7.82. The van der Waals surface area contributed by atoms with Gasteiger partial charge in [0.05, 0.1) is 37.5 Å². The number of para-hydroxylation sites is 1. The third-order valence-corrected chi connectivity index (χ3v) is 5.79. The fraction of sp³-hybridized carbons (Fsp3) is 0.417. The summed E-state index contributed by atoms with van der Waals surface area (Å²) < 4.78 is 15.6. The van der Waals surface area contributed by atoms with Gasteiger partial charge in [-0.05, 0) is 30.4 Å². The van der Waals surface area contributed by atoms with E-state index in [9.17, 15) is 19.7 Å². The normalized spacial score (nSPS) is 17.6. The van der Waals surface area contributed by atoms with E-state index in [0.717, 1.165) is 6.42 Å². The van der Waals surface area contributed by atoms with E-state index in [1.807, 2.05) is 0 Å². The molecule has 1 aliphatic rings. The van der Waals surface area contributed by atoms with Crippen LogP contribution < -0.4 is 19.5 Å². The molecule has 0 aliphatic carbocycles. The van der Waals surface area contributed by atoms with E-state index in [0.29, 0.717) is 30.5 Å². The first-order valence-corrected chi connectivity index (χ1v) is 10.9. The lowest BCUT2D eigenvalue weighted by atomic mass is 9.91. The van der Waals surface area contributed by atoms with Gasteiger partial charge in [0, 0.05) is 19.2 Å². The zero-order chi connectivity index (χ0) is 25.0. The van der Waals surface area contributed by atoms with Crippen LogP contribution in [0.3, 0.4) is 0 Å². The number of hydrogen-bond donors (Lipinski definition) is 1. The first-order valence-electron chi connectivity index (χ1n) is 10.9. The Balaban J connectivity index is 2.00. The Morgan fingerprint density at radius 3 is 2.18 bits per heavy atom. The SMILES string of the molecule is COc1cc(C(=O)Nc2ccccc2C(=O)N2CC(C)CC(C)C2)c([N+](=O)[O-])c(OC)c1OC. The Morgan fingerprint density at radius 1 is 1.00 bits per heavy atom. The van der Waals surface area contributed by atoms with Crippen molar-refractivity contribution in [3.63, 3.8) is 0 Å². The summed E-state index contributed by atoms with van der Waals surface area (Å²) in [5, 5.41) is 14.5. The van der Waals surface area contributed by atoms with E-state index in [1.165, 1.54) is 27.4 Å². The molecule has 0 bridgehead atoms. The number of methoxy groups -OCH3 is 3. The summed E-state index contributed by atoms with van der Waals surface area (Å²) in [4.78, 5) is 39.5. The van der Waals surface area contributed by atoms with Crippen LogP contribution in [0.1, 0.15) is 41.0 Å². The molecule has 0 radical (unpaired) electrons. The maximum Gasteiger partial charge on any atom is 0.327 e. The molecule has 1 N–H and O–H groups in total. The molecule has 0 spiro atoms. The van der Waals surface area contributed by atoms with Gasteiger partial charge in [0.15, 0.2) is 5.75 Å². The number of carbonyl (C=O) groups excluding carboxylic acids is 2. The van der Waals surface area contributed by atoms with Crippen LogP contribution in [0, 0.1) is 22.0 Å². The van der Waals surface area contributed by atoms with Crippen molar-refractivity contribution < 1.29 is 28.7 Å². The number of nitro groups is 1. The molecule has 1 saturated heterocycles. The molecule has 0 aromatic heterocycles. The highest BCUT2D eigenvalue weighted by atomic mass is 16.6. The smallest absolute Gasteiger partial charge is 0.327 e. The van der Waals surface area contributed by atoms with E-state index >= 15 is 0 Å². The molecule has 3 rings (SSSR count). The quantitative estimate of drug-likeness (QED) is 0.479. The third-order valence-electron chi connectivity index (χ3n) is 5.79. The molecule has 2 unspecified atom stereocenters. The van der Waals surface area contributed by atoms with Crippen LogP contribution in [0.25, 0.3) is 0 Å². The molecule has 10 nitrogen and oxygen atoms in total. The predicted octanol–water partition coefficient (Wildman–Crippen LogP) is 3.99. The first-order chi connectivity index (χ1) is 16.2. The fourth-order valence-electron chi connectivity index (χ4n) is 4.46. The van der Waals surface area contributed by atoms with E-state index < -0.39 is 16.5 Å². The number of amides is 2. The van der Waals surface area contributed by atoms with Crippen LogP contribution in [-0.4, -0.2) is 56.1 Å². The van der Waals surface area contributed by atoms with Crippen LogP contribution in [0.5, 0.6) is 17.2 Å². The summed E-state index contributed by atoms with van der Waals surface area (Å²) >= 11 is 0. The zero-order valence-corrected chi connectivity index (χ0v) is 19.9. The minimum absolute atomic E-state index is 0.00262. The van der Waals surface area contributed by atoms with Gasteiger partial charge in [-0.25, -0.2) is 0 Å². The van der Waals surface area contributed by atoms with Crippen molar-refractivity contribution in [2.45, 2.75) is 20.3 Å². The zero-order valence-electron chi connectivity index (χ0n) is 19.9. The van der Waals surface area contributed by atoms with Crippen LogP contribution in [-0.2, 0) is 0 Å². The van der Waals surface area contributed by atoms with Crippen molar-refractivity contribution in [1.82, 2.24) is 4.90 Å². The number of likely N-dealkylation sites (tertiary alicyclic amines) is 1. The van der Waals surface area contributed by atoms with Crippen molar-refractivity contribution in [1.29, 1.82) is 0 Å². The Bertz CT molecular complexity index is 1090. The number of rotatable bonds is 7. The van der Waals surface area contributed by atoms with Gasteiger partial charge in [-0.1, -0.05) is 26.0 Å². The molecule has 10 heteroatoms. The monoisotopic (exact) mass is 471 g/mol. The molecule has 182 valence electrons. The van der Waals surface area contributed by atoms with Gasteiger partial charge in [0.2, 0.25) is 11.5 Å². The molecule has 2 aromatic carbocycles. The molecule has 2 atom stereocenters. The van der Waals surface area contributed by atoms with Crippen molar-refractivity contribution in [3.8, 4) is 17.2 Å². The van der Waals surface area contributed by atoms with Gasteiger partial charge < -0.3 is 24.4 Å². The van der Waals surface area contributed by atoms with Crippen molar-refractivity contribution in [3.05, 3.63) is 51.6 Å². The fourth-order valence-corrected chi connectivity index (χ4v) is 4.46. The topological polar surface area (TPSA) is 120 Å². The number of benzene rings is 2. The van der Waals surface area contributed by atoms with Crippen LogP contribution >= 0.6 is 0 Å². The van der Waals surface area contributed by atoms with Gasteiger partial charge >= 0.3 is 5.69 Å². The molecule has 1 aliphatic heterocycles. The summed E-state index contributed by atoms with van der Waals surface area (Å²) in [6.07, 6.45) is 1.05. The maximum atomic E-state index is 13.3. The highest BCUT2D eigenvalue weighted by molar-refractivity contribution is 6.11. The number of ether oxygens (including phenoxy) is 3. The molecule has 1 fully saturated rings. The average molecular weight is 472 g/mol. The average Bonchev–Trinajstić information content (AvgIpc) is 2.81. The second-order valence-corrected chi connectivity index (χ2v) is 8.45. The molecule has 0 saturated carbocycles. The highest BCUT2D eigenvalue weighted by Gasteiger charge is 2.33. The number of piperidine rings is 1. The van der Waals surface area contributed by atoms with Gasteiger partial charge in [-0.3, -0.25) is 19.7 Å². The molecule has 1 heterocycles. The summed E-state index contributed by atoms with van der Waals surface area (Å²) in [5.74, 6) is -0.390. The van der Waals surface area contributed by atoms with Crippen molar-refractivity contribution >= 4 is 23.2 Å². The predicted molar refractivity (Wildman–Crippen MR) is 126 cm³/mol. The van der Waals surface area contributed by atoms with Gasteiger partial charge in [0.1, 0.15) is 5.56 Å². The molecule has 34 heavy (non-hydrogen) atoms. The summed E-state index contributed by atoms with van der Waals surface area (Å²) in [7, 11) is 3.90. The van der Waals surface area contributed by atoms with E-state index in [1.54, 1.807) is 29.2 Å². The lowest BCUT2D eigenvalue weighted by Crippen LogP contribution is -2.42. The van der Waals surface area contributed by atoms with E-state index in [2.05, 4.69) is 19.2 Å². The number of nitrogens with zero attached hydrogens (tertiary/aromatic N) is 2. The molecular weight excluding hydrogens is 442 g/mol. The Kier molecular flexibility index (Phi) is 7.60. The summed E-state index contributed by atoms with van der Waals surface area (Å²) in [6.45, 7) is 5.47. The molecular formula is C24H29N3O7. The largest absolute Gasteiger partial charge is 0.493 e. The van der Waals surface area contributed by atoms with Gasteiger partial charge in [-0.2, -0.15) is 0 Å². The Hall–Kier alpha value is -3.82. The number of nitro benzene ring substituents is 1. The maximum absolute atomic E-state index is 13.3. The number of anilines is 1. The van der Waals surface area contributed by atoms with E-state index in [-0.39, 0.29) is 34.4 Å². The minimum Gasteiger partial charge on any atom is -0.493 e.